The van der Waals surface area contributed by atoms with Crippen molar-refractivity contribution in [3.05, 3.63) is 35.9 Å². The van der Waals surface area contributed by atoms with Crippen LogP contribution in [0.3, 0.4) is 0 Å². The molecule has 1 aromatic rings. The van der Waals surface area contributed by atoms with Crippen molar-refractivity contribution in [2.75, 3.05) is 6.61 Å². The summed E-state index contributed by atoms with van der Waals surface area (Å²) in [5, 5.41) is 3.69. The van der Waals surface area contributed by atoms with Gasteiger partial charge in [-0.2, -0.15) is 0 Å². The highest BCUT2D eigenvalue weighted by atomic mass is 16.5. The summed E-state index contributed by atoms with van der Waals surface area (Å²) in [6.07, 6.45) is 4.28. The summed E-state index contributed by atoms with van der Waals surface area (Å²) in [7, 11) is 0. The Labute approximate surface area is 104 Å². The Morgan fingerprint density at radius 2 is 1.94 bits per heavy atom. The molecule has 0 radical (unpaired) electrons. The van der Waals surface area contributed by atoms with E-state index >= 15 is 0 Å². The van der Waals surface area contributed by atoms with Gasteiger partial charge in [-0.1, -0.05) is 44.2 Å². The Bertz CT molecular complexity index is 332. The van der Waals surface area contributed by atoms with Crippen molar-refractivity contribution in [2.24, 2.45) is 0 Å². The van der Waals surface area contributed by atoms with Crippen molar-refractivity contribution in [2.45, 2.75) is 51.3 Å². The number of ether oxygens (including phenoxy) is 1. The highest BCUT2D eigenvalue weighted by Gasteiger charge is 2.33. The molecule has 2 nitrogen and oxygen atoms in total. The van der Waals surface area contributed by atoms with Crippen LogP contribution >= 0.6 is 0 Å². The van der Waals surface area contributed by atoms with Gasteiger partial charge in [-0.25, -0.2) is 0 Å². The molecule has 0 spiro atoms. The largest absolute Gasteiger partial charge is 0.361 e. The standard InChI is InChI=1S/C15H23NO/c1-3-15(4-2)16-14(10-11-17-15)12-13-8-6-5-7-9-13/h5-9,14,16H,3-4,10-12H2,1-2H3. The SMILES string of the molecule is CCC1(CC)NC(Cc2ccccc2)CCO1. The lowest BCUT2D eigenvalue weighted by atomic mass is 9.97. The van der Waals surface area contributed by atoms with E-state index < -0.39 is 0 Å². The zero-order valence-electron chi connectivity index (χ0n) is 10.9. The van der Waals surface area contributed by atoms with Crippen LogP contribution in [0.25, 0.3) is 0 Å². The molecule has 1 N–H and O–H groups in total. The number of rotatable bonds is 4. The van der Waals surface area contributed by atoms with Crippen molar-refractivity contribution in [1.82, 2.24) is 5.32 Å². The molecule has 1 aliphatic rings. The molecule has 1 saturated heterocycles. The van der Waals surface area contributed by atoms with E-state index in [4.69, 9.17) is 4.74 Å². The smallest absolute Gasteiger partial charge is 0.118 e. The molecule has 0 saturated carbocycles. The Morgan fingerprint density at radius 3 is 2.59 bits per heavy atom. The number of nitrogens with one attached hydrogen (secondary N) is 1. The zero-order chi connectivity index (χ0) is 12.1. The predicted octanol–water partition coefficient (Wildman–Crippen LogP) is 3.12. The summed E-state index contributed by atoms with van der Waals surface area (Å²) in [4.78, 5) is 0. The van der Waals surface area contributed by atoms with Gasteiger partial charge in [0.15, 0.2) is 0 Å². The van der Waals surface area contributed by atoms with Crippen LogP contribution in [0, 0.1) is 0 Å². The van der Waals surface area contributed by atoms with Crippen LogP contribution in [0.5, 0.6) is 0 Å². The van der Waals surface area contributed by atoms with Crippen LogP contribution in [0.15, 0.2) is 30.3 Å². The van der Waals surface area contributed by atoms with Gasteiger partial charge in [0.1, 0.15) is 5.72 Å². The van der Waals surface area contributed by atoms with E-state index in [1.807, 2.05) is 0 Å². The van der Waals surface area contributed by atoms with Gasteiger partial charge in [0.05, 0.1) is 6.61 Å². The quantitative estimate of drug-likeness (QED) is 0.862. The van der Waals surface area contributed by atoms with Gasteiger partial charge in [-0.3, -0.25) is 5.32 Å². The molecule has 1 unspecified atom stereocenters. The minimum absolute atomic E-state index is 0.0856. The molecular weight excluding hydrogens is 210 g/mol. The lowest BCUT2D eigenvalue weighted by Crippen LogP contribution is -2.56. The summed E-state index contributed by atoms with van der Waals surface area (Å²) < 4.78 is 5.92. The zero-order valence-corrected chi connectivity index (χ0v) is 10.9. The third-order valence-electron chi connectivity index (χ3n) is 3.78. The van der Waals surface area contributed by atoms with Crippen LogP contribution in [-0.2, 0) is 11.2 Å². The van der Waals surface area contributed by atoms with Gasteiger partial charge in [0.25, 0.3) is 0 Å². The van der Waals surface area contributed by atoms with Crippen molar-refractivity contribution in [3.63, 3.8) is 0 Å². The lowest BCUT2D eigenvalue weighted by Gasteiger charge is -2.41. The summed E-state index contributed by atoms with van der Waals surface area (Å²) in [6, 6.07) is 11.3. The summed E-state index contributed by atoms with van der Waals surface area (Å²) in [5.41, 5.74) is 1.32. The highest BCUT2D eigenvalue weighted by Crippen LogP contribution is 2.24. The maximum absolute atomic E-state index is 5.92. The minimum Gasteiger partial charge on any atom is -0.361 e. The van der Waals surface area contributed by atoms with Crippen LogP contribution in [0.1, 0.15) is 38.7 Å². The first kappa shape index (κ1) is 12.6. The Morgan fingerprint density at radius 1 is 1.24 bits per heavy atom. The van der Waals surface area contributed by atoms with E-state index in [0.717, 1.165) is 32.3 Å². The Balaban J connectivity index is 1.98. The summed E-state index contributed by atoms with van der Waals surface area (Å²) in [6.45, 7) is 5.27. The molecule has 0 amide bonds. The molecule has 2 rings (SSSR count). The average Bonchev–Trinajstić information content (AvgIpc) is 2.40. The molecule has 0 aromatic heterocycles. The van der Waals surface area contributed by atoms with Gasteiger partial charge in [-0.15, -0.1) is 0 Å². The van der Waals surface area contributed by atoms with Crippen LogP contribution in [-0.4, -0.2) is 18.4 Å². The first-order chi connectivity index (χ1) is 8.28. The van der Waals surface area contributed by atoms with E-state index in [0.29, 0.717) is 6.04 Å². The second kappa shape index (κ2) is 5.65. The van der Waals surface area contributed by atoms with Crippen molar-refractivity contribution in [3.8, 4) is 0 Å². The highest BCUT2D eigenvalue weighted by molar-refractivity contribution is 5.16. The fraction of sp³-hybridized carbons (Fsp3) is 0.600. The molecule has 0 bridgehead atoms. The van der Waals surface area contributed by atoms with Crippen LogP contribution in [0.2, 0.25) is 0 Å². The Hall–Kier alpha value is -0.860. The number of hydrogen-bond acceptors (Lipinski definition) is 2. The van der Waals surface area contributed by atoms with Gasteiger partial charge < -0.3 is 4.74 Å². The maximum atomic E-state index is 5.92. The van der Waals surface area contributed by atoms with E-state index in [1.54, 1.807) is 0 Å². The molecule has 1 atom stereocenters. The van der Waals surface area contributed by atoms with Gasteiger partial charge >= 0.3 is 0 Å². The molecular formula is C15H23NO. The fourth-order valence-electron chi connectivity index (χ4n) is 2.59. The third kappa shape index (κ3) is 3.08. The third-order valence-corrected chi connectivity index (χ3v) is 3.78. The van der Waals surface area contributed by atoms with Crippen LogP contribution in [0.4, 0.5) is 0 Å². The van der Waals surface area contributed by atoms with E-state index in [2.05, 4.69) is 49.5 Å². The number of hydrogen-bond donors (Lipinski definition) is 1. The lowest BCUT2D eigenvalue weighted by molar-refractivity contribution is -0.114. The monoisotopic (exact) mass is 233 g/mol. The van der Waals surface area contributed by atoms with Crippen LogP contribution < -0.4 is 5.32 Å². The number of benzene rings is 1. The minimum atomic E-state index is -0.0856. The molecule has 94 valence electrons. The normalized spacial score (nSPS) is 23.5. The predicted molar refractivity (Wildman–Crippen MR) is 71.0 cm³/mol. The van der Waals surface area contributed by atoms with Gasteiger partial charge in [-0.05, 0) is 31.2 Å². The van der Waals surface area contributed by atoms with E-state index in [-0.39, 0.29) is 5.72 Å². The van der Waals surface area contributed by atoms with Crippen molar-refractivity contribution >= 4 is 0 Å². The summed E-state index contributed by atoms with van der Waals surface area (Å²) >= 11 is 0. The topological polar surface area (TPSA) is 21.3 Å². The summed E-state index contributed by atoms with van der Waals surface area (Å²) in [5.74, 6) is 0. The van der Waals surface area contributed by atoms with Crippen molar-refractivity contribution in [1.29, 1.82) is 0 Å². The van der Waals surface area contributed by atoms with Crippen molar-refractivity contribution < 1.29 is 4.74 Å². The molecule has 2 heteroatoms. The second-order valence-corrected chi connectivity index (χ2v) is 4.87. The maximum Gasteiger partial charge on any atom is 0.118 e. The first-order valence-electron chi connectivity index (χ1n) is 6.73. The first-order valence-corrected chi connectivity index (χ1v) is 6.73. The molecule has 1 heterocycles. The molecule has 1 fully saturated rings. The molecule has 0 aliphatic carbocycles. The second-order valence-electron chi connectivity index (χ2n) is 4.87. The van der Waals surface area contributed by atoms with E-state index in [9.17, 15) is 0 Å². The average molecular weight is 233 g/mol. The molecule has 1 aromatic carbocycles. The van der Waals surface area contributed by atoms with Gasteiger partial charge in [0, 0.05) is 6.04 Å². The Kier molecular flexibility index (Phi) is 4.19. The molecule has 1 aliphatic heterocycles. The van der Waals surface area contributed by atoms with Gasteiger partial charge in [0.2, 0.25) is 0 Å². The fourth-order valence-corrected chi connectivity index (χ4v) is 2.59. The van der Waals surface area contributed by atoms with E-state index in [1.165, 1.54) is 5.56 Å². The molecule has 17 heavy (non-hydrogen) atoms.